The molecule has 2 aromatic heterocycles. The van der Waals surface area contributed by atoms with Crippen molar-refractivity contribution in [2.45, 2.75) is 0 Å². The zero-order chi connectivity index (χ0) is 8.55. The summed E-state index contributed by atoms with van der Waals surface area (Å²) in [4.78, 5) is 24.4. The molecule has 0 aliphatic carbocycles. The van der Waals surface area contributed by atoms with Crippen molar-refractivity contribution in [1.29, 1.82) is 0 Å². The van der Waals surface area contributed by atoms with E-state index in [2.05, 4.69) is 19.9 Å². The smallest absolute Gasteiger partial charge is 0.356 e. The lowest BCUT2D eigenvalue weighted by atomic mass is 10.4. The van der Waals surface area contributed by atoms with Gasteiger partial charge in [0.15, 0.2) is 11.3 Å². The minimum Gasteiger partial charge on any atom is -0.476 e. The average Bonchev–Trinajstić information content (AvgIpc) is 2.49. The molecule has 0 saturated carbocycles. The van der Waals surface area contributed by atoms with E-state index < -0.39 is 5.97 Å². The Morgan fingerprint density at radius 1 is 1.42 bits per heavy atom. The number of hydrogen-bond donors (Lipinski definition) is 2. The highest BCUT2D eigenvalue weighted by molar-refractivity contribution is 5.97. The SMILES string of the molecule is O=C(O)c1ncnc2nc[nH]c12. The van der Waals surface area contributed by atoms with E-state index in [-0.39, 0.29) is 5.69 Å². The Morgan fingerprint density at radius 2 is 2.25 bits per heavy atom. The number of carbonyl (C=O) groups is 1. The second kappa shape index (κ2) is 2.26. The van der Waals surface area contributed by atoms with E-state index in [0.717, 1.165) is 0 Å². The molecule has 0 aliphatic rings. The van der Waals surface area contributed by atoms with Crippen molar-refractivity contribution in [3.63, 3.8) is 0 Å². The quantitative estimate of drug-likeness (QED) is 0.621. The molecule has 0 saturated heterocycles. The summed E-state index contributed by atoms with van der Waals surface area (Å²) in [7, 11) is 0. The van der Waals surface area contributed by atoms with Crippen LogP contribution in [0.25, 0.3) is 11.2 Å². The van der Waals surface area contributed by atoms with Gasteiger partial charge in [-0.3, -0.25) is 0 Å². The molecule has 0 aliphatic heterocycles. The number of H-pyrrole nitrogens is 1. The monoisotopic (exact) mass is 164 g/mol. The summed E-state index contributed by atoms with van der Waals surface area (Å²) in [5.74, 6) is -1.09. The highest BCUT2D eigenvalue weighted by Crippen LogP contribution is 2.08. The highest BCUT2D eigenvalue weighted by Gasteiger charge is 2.11. The molecule has 12 heavy (non-hydrogen) atoms. The second-order valence-electron chi connectivity index (χ2n) is 2.13. The number of imidazole rings is 1. The molecule has 0 spiro atoms. The van der Waals surface area contributed by atoms with Gasteiger partial charge in [-0.05, 0) is 0 Å². The van der Waals surface area contributed by atoms with Crippen LogP contribution >= 0.6 is 0 Å². The molecule has 2 N–H and O–H groups in total. The molecular weight excluding hydrogens is 160 g/mol. The molecule has 60 valence electrons. The molecule has 6 nitrogen and oxygen atoms in total. The molecule has 0 atom stereocenters. The summed E-state index contributed by atoms with van der Waals surface area (Å²) < 4.78 is 0. The topological polar surface area (TPSA) is 91.8 Å². The number of aromatic nitrogens is 4. The largest absolute Gasteiger partial charge is 0.476 e. The van der Waals surface area contributed by atoms with Gasteiger partial charge in [0, 0.05) is 0 Å². The lowest BCUT2D eigenvalue weighted by Gasteiger charge is -1.92. The first-order valence-electron chi connectivity index (χ1n) is 3.16. The summed E-state index contributed by atoms with van der Waals surface area (Å²) in [5.41, 5.74) is 0.657. The van der Waals surface area contributed by atoms with Crippen molar-refractivity contribution in [3.8, 4) is 0 Å². The molecule has 2 rings (SSSR count). The molecule has 0 aromatic carbocycles. The minimum atomic E-state index is -1.09. The van der Waals surface area contributed by atoms with Crippen molar-refractivity contribution in [1.82, 2.24) is 19.9 Å². The fraction of sp³-hybridized carbons (Fsp3) is 0. The summed E-state index contributed by atoms with van der Waals surface area (Å²) in [6.07, 6.45) is 2.55. The minimum absolute atomic E-state index is 0.0579. The summed E-state index contributed by atoms with van der Waals surface area (Å²) >= 11 is 0. The van der Waals surface area contributed by atoms with Crippen LogP contribution < -0.4 is 0 Å². The van der Waals surface area contributed by atoms with Gasteiger partial charge in [0.25, 0.3) is 0 Å². The van der Waals surface area contributed by atoms with Crippen molar-refractivity contribution >= 4 is 17.1 Å². The van der Waals surface area contributed by atoms with Gasteiger partial charge in [0.05, 0.1) is 6.33 Å². The van der Waals surface area contributed by atoms with E-state index in [1.54, 1.807) is 0 Å². The fourth-order valence-electron chi connectivity index (χ4n) is 0.927. The molecule has 0 fully saturated rings. The first kappa shape index (κ1) is 6.71. The number of fused-ring (bicyclic) bond motifs is 1. The third kappa shape index (κ3) is 0.815. The number of carboxylic acid groups (broad SMARTS) is 1. The number of rotatable bonds is 1. The molecule has 2 aromatic rings. The first-order valence-corrected chi connectivity index (χ1v) is 3.16. The Morgan fingerprint density at radius 3 is 3.00 bits per heavy atom. The van der Waals surface area contributed by atoms with E-state index in [1.807, 2.05) is 0 Å². The molecule has 6 heteroatoms. The Bertz CT molecular complexity index is 436. The van der Waals surface area contributed by atoms with Gasteiger partial charge in [-0.1, -0.05) is 0 Å². The maximum Gasteiger partial charge on any atom is 0.356 e. The van der Waals surface area contributed by atoms with Crippen LogP contribution in [0.4, 0.5) is 0 Å². The molecule has 2 heterocycles. The molecular formula is C6H4N4O2. The van der Waals surface area contributed by atoms with Crippen LogP contribution in [-0.4, -0.2) is 31.0 Å². The number of nitrogens with one attached hydrogen (secondary N) is 1. The van der Waals surface area contributed by atoms with Gasteiger partial charge >= 0.3 is 5.97 Å². The van der Waals surface area contributed by atoms with E-state index in [0.29, 0.717) is 11.2 Å². The maximum absolute atomic E-state index is 10.6. The van der Waals surface area contributed by atoms with E-state index in [9.17, 15) is 4.79 Å². The lowest BCUT2D eigenvalue weighted by Crippen LogP contribution is -2.01. The lowest BCUT2D eigenvalue weighted by molar-refractivity contribution is 0.0692. The fourth-order valence-corrected chi connectivity index (χ4v) is 0.927. The van der Waals surface area contributed by atoms with Gasteiger partial charge < -0.3 is 10.1 Å². The standard InChI is InChI=1S/C6H4N4O2/c11-6(12)4-3-5(9-1-7-3)10-2-8-4/h1-2H,(H,11,12)(H,7,8,9,10). The molecule has 0 unspecified atom stereocenters. The predicted octanol–water partition coefficient (Wildman–Crippen LogP) is 0.0511. The van der Waals surface area contributed by atoms with Crippen molar-refractivity contribution in [2.75, 3.05) is 0 Å². The zero-order valence-corrected chi connectivity index (χ0v) is 5.85. The van der Waals surface area contributed by atoms with E-state index in [4.69, 9.17) is 5.11 Å². The Kier molecular flexibility index (Phi) is 1.26. The highest BCUT2D eigenvalue weighted by atomic mass is 16.4. The van der Waals surface area contributed by atoms with Crippen LogP contribution in [0.3, 0.4) is 0 Å². The van der Waals surface area contributed by atoms with Gasteiger partial charge in [-0.25, -0.2) is 19.7 Å². The van der Waals surface area contributed by atoms with Crippen LogP contribution in [-0.2, 0) is 0 Å². The number of hydrogen-bond acceptors (Lipinski definition) is 4. The van der Waals surface area contributed by atoms with Crippen molar-refractivity contribution in [2.24, 2.45) is 0 Å². The van der Waals surface area contributed by atoms with E-state index in [1.165, 1.54) is 12.7 Å². The number of aromatic amines is 1. The zero-order valence-electron chi connectivity index (χ0n) is 5.85. The van der Waals surface area contributed by atoms with Crippen LogP contribution in [0.15, 0.2) is 12.7 Å². The second-order valence-corrected chi connectivity index (χ2v) is 2.13. The number of nitrogens with zero attached hydrogens (tertiary/aromatic N) is 3. The number of aromatic carboxylic acids is 1. The molecule has 0 radical (unpaired) electrons. The maximum atomic E-state index is 10.6. The van der Waals surface area contributed by atoms with Gasteiger partial charge in [0.1, 0.15) is 11.8 Å². The Hall–Kier alpha value is -1.98. The third-order valence-corrected chi connectivity index (χ3v) is 1.43. The van der Waals surface area contributed by atoms with Gasteiger partial charge in [-0.2, -0.15) is 0 Å². The third-order valence-electron chi connectivity index (χ3n) is 1.43. The average molecular weight is 164 g/mol. The first-order chi connectivity index (χ1) is 5.79. The van der Waals surface area contributed by atoms with Crippen LogP contribution in [0.2, 0.25) is 0 Å². The molecule has 0 amide bonds. The predicted molar refractivity (Wildman–Crippen MR) is 38.6 cm³/mol. The molecule has 0 bridgehead atoms. The summed E-state index contributed by atoms with van der Waals surface area (Å²) in [6.45, 7) is 0. The van der Waals surface area contributed by atoms with Crippen molar-refractivity contribution < 1.29 is 9.90 Å². The summed E-state index contributed by atoms with van der Waals surface area (Å²) in [6, 6.07) is 0. The van der Waals surface area contributed by atoms with Gasteiger partial charge in [0.2, 0.25) is 0 Å². The normalized spacial score (nSPS) is 10.3. The van der Waals surface area contributed by atoms with Gasteiger partial charge in [-0.15, -0.1) is 0 Å². The van der Waals surface area contributed by atoms with Crippen LogP contribution in [0, 0.1) is 0 Å². The van der Waals surface area contributed by atoms with Crippen molar-refractivity contribution in [3.05, 3.63) is 18.3 Å². The Labute approximate surface area is 66.3 Å². The van der Waals surface area contributed by atoms with Crippen LogP contribution in [0.5, 0.6) is 0 Å². The number of carboxylic acids is 1. The summed E-state index contributed by atoms with van der Waals surface area (Å²) in [5, 5.41) is 8.66. The van der Waals surface area contributed by atoms with E-state index >= 15 is 0 Å². The van der Waals surface area contributed by atoms with Crippen LogP contribution in [0.1, 0.15) is 10.5 Å². The Balaban J connectivity index is 2.82.